The van der Waals surface area contributed by atoms with Gasteiger partial charge in [-0.15, -0.1) is 17.5 Å². The van der Waals surface area contributed by atoms with Crippen LogP contribution in [0.1, 0.15) is 21.6 Å². The lowest BCUT2D eigenvalue weighted by Gasteiger charge is -2.08. The van der Waals surface area contributed by atoms with Gasteiger partial charge in [0.2, 0.25) is 0 Å². The van der Waals surface area contributed by atoms with Crippen LogP contribution in [-0.2, 0) is 17.7 Å². The summed E-state index contributed by atoms with van der Waals surface area (Å²) in [6.45, 7) is 1.28. The third-order valence-electron chi connectivity index (χ3n) is 3.03. The van der Waals surface area contributed by atoms with Crippen LogP contribution in [0.25, 0.3) is 0 Å². The summed E-state index contributed by atoms with van der Waals surface area (Å²) in [5.74, 6) is -0.414. The minimum Gasteiger partial charge on any atom is -0.465 e. The zero-order valence-electron chi connectivity index (χ0n) is 12.4. The van der Waals surface area contributed by atoms with E-state index in [0.717, 1.165) is 24.2 Å². The lowest BCUT2D eigenvalue weighted by Crippen LogP contribution is -2.10. The minimum absolute atomic E-state index is 0. The van der Waals surface area contributed by atoms with Crippen molar-refractivity contribution >= 4 is 30.0 Å². The standard InChI is InChI=1S/C14H17ClN4O2.ClH/c1-16-6-5-12-9-19(18-17-12)8-10-3-4-11(15)7-13(10)14(20)21-2;/h3-4,7,9,16H,5-6,8H2,1-2H3;1H. The van der Waals surface area contributed by atoms with Gasteiger partial charge in [-0.25, -0.2) is 9.48 Å². The zero-order valence-corrected chi connectivity index (χ0v) is 13.9. The molecule has 0 fully saturated rings. The molecule has 0 bridgehead atoms. The van der Waals surface area contributed by atoms with E-state index in [4.69, 9.17) is 16.3 Å². The van der Waals surface area contributed by atoms with Crippen molar-refractivity contribution in [1.82, 2.24) is 20.3 Å². The molecule has 0 atom stereocenters. The van der Waals surface area contributed by atoms with Crippen LogP contribution in [0.2, 0.25) is 5.02 Å². The van der Waals surface area contributed by atoms with Crippen LogP contribution in [0.3, 0.4) is 0 Å². The Morgan fingerprint density at radius 3 is 2.91 bits per heavy atom. The SMILES string of the molecule is CNCCc1cn(Cc2ccc(Cl)cc2C(=O)OC)nn1.Cl. The van der Waals surface area contributed by atoms with E-state index in [9.17, 15) is 4.79 Å². The number of benzene rings is 1. The molecule has 8 heteroatoms. The Bertz CT molecular complexity index is 631. The van der Waals surface area contributed by atoms with Gasteiger partial charge in [0.05, 0.1) is 24.9 Å². The molecule has 0 saturated carbocycles. The summed E-state index contributed by atoms with van der Waals surface area (Å²) in [5, 5.41) is 11.7. The second kappa shape index (κ2) is 8.73. The smallest absolute Gasteiger partial charge is 0.338 e. The van der Waals surface area contributed by atoms with Crippen molar-refractivity contribution in [1.29, 1.82) is 0 Å². The fraction of sp³-hybridized carbons (Fsp3) is 0.357. The van der Waals surface area contributed by atoms with Crippen LogP contribution >= 0.6 is 24.0 Å². The summed E-state index contributed by atoms with van der Waals surface area (Å²) >= 11 is 5.93. The average molecular weight is 345 g/mol. The van der Waals surface area contributed by atoms with Gasteiger partial charge in [-0.1, -0.05) is 22.9 Å². The van der Waals surface area contributed by atoms with Crippen molar-refractivity contribution in [3.63, 3.8) is 0 Å². The highest BCUT2D eigenvalue weighted by molar-refractivity contribution is 6.31. The van der Waals surface area contributed by atoms with Crippen LogP contribution in [0.5, 0.6) is 0 Å². The maximum absolute atomic E-state index is 11.8. The molecule has 1 aromatic carbocycles. The number of nitrogens with zero attached hydrogens (tertiary/aromatic N) is 3. The molecule has 0 aliphatic rings. The number of hydrogen-bond donors (Lipinski definition) is 1. The molecule has 0 radical (unpaired) electrons. The molecule has 22 heavy (non-hydrogen) atoms. The van der Waals surface area contributed by atoms with Gasteiger partial charge in [0, 0.05) is 24.2 Å². The minimum atomic E-state index is -0.414. The lowest BCUT2D eigenvalue weighted by molar-refractivity contribution is 0.0599. The predicted octanol–water partition coefficient (Wildman–Crippen LogP) is 1.95. The summed E-state index contributed by atoms with van der Waals surface area (Å²) in [7, 11) is 3.24. The molecule has 0 spiro atoms. The Hall–Kier alpha value is -1.63. The Labute approximate surface area is 140 Å². The summed E-state index contributed by atoms with van der Waals surface area (Å²) < 4.78 is 6.47. The number of aromatic nitrogens is 3. The number of halogens is 2. The van der Waals surface area contributed by atoms with Crippen molar-refractivity contribution in [3.8, 4) is 0 Å². The molecule has 1 aromatic heterocycles. The number of carbonyl (C=O) groups is 1. The van der Waals surface area contributed by atoms with Crippen LogP contribution in [0.4, 0.5) is 0 Å². The fourth-order valence-electron chi connectivity index (χ4n) is 1.94. The van der Waals surface area contributed by atoms with Crippen LogP contribution in [-0.4, -0.2) is 41.7 Å². The number of methoxy groups -OCH3 is 1. The molecule has 0 unspecified atom stereocenters. The number of ether oxygens (including phenoxy) is 1. The highest BCUT2D eigenvalue weighted by atomic mass is 35.5. The van der Waals surface area contributed by atoms with E-state index in [1.807, 2.05) is 13.2 Å². The maximum atomic E-state index is 11.8. The first-order valence-corrected chi connectivity index (χ1v) is 6.92. The first-order valence-electron chi connectivity index (χ1n) is 6.54. The van der Waals surface area contributed by atoms with Gasteiger partial charge in [-0.3, -0.25) is 0 Å². The van der Waals surface area contributed by atoms with E-state index in [2.05, 4.69) is 15.6 Å². The van der Waals surface area contributed by atoms with Gasteiger partial charge in [-0.05, 0) is 24.7 Å². The number of nitrogens with one attached hydrogen (secondary N) is 1. The van der Waals surface area contributed by atoms with Crippen molar-refractivity contribution in [2.45, 2.75) is 13.0 Å². The predicted molar refractivity (Wildman–Crippen MR) is 86.8 cm³/mol. The van der Waals surface area contributed by atoms with Crippen molar-refractivity contribution < 1.29 is 9.53 Å². The summed E-state index contributed by atoms with van der Waals surface area (Å²) in [6.07, 6.45) is 2.67. The number of hydrogen-bond acceptors (Lipinski definition) is 5. The first-order chi connectivity index (χ1) is 10.1. The number of likely N-dealkylation sites (N-methyl/N-ethyl adjacent to an activating group) is 1. The second-order valence-corrected chi connectivity index (χ2v) is 4.99. The van der Waals surface area contributed by atoms with Crippen LogP contribution in [0, 0.1) is 0 Å². The lowest BCUT2D eigenvalue weighted by atomic mass is 10.1. The molecule has 0 aliphatic heterocycles. The van der Waals surface area contributed by atoms with Gasteiger partial charge < -0.3 is 10.1 Å². The summed E-state index contributed by atoms with van der Waals surface area (Å²) in [5.41, 5.74) is 2.13. The van der Waals surface area contributed by atoms with Crippen molar-refractivity contribution in [3.05, 3.63) is 46.2 Å². The first kappa shape index (κ1) is 18.4. The van der Waals surface area contributed by atoms with E-state index in [1.54, 1.807) is 22.9 Å². The molecular formula is C14H18Cl2N4O2. The third-order valence-corrected chi connectivity index (χ3v) is 3.26. The topological polar surface area (TPSA) is 69.0 Å². The fourth-order valence-corrected chi connectivity index (χ4v) is 2.12. The van der Waals surface area contributed by atoms with Crippen molar-refractivity contribution in [2.24, 2.45) is 0 Å². The Morgan fingerprint density at radius 1 is 1.45 bits per heavy atom. The highest BCUT2D eigenvalue weighted by Gasteiger charge is 2.13. The zero-order chi connectivity index (χ0) is 15.2. The number of carbonyl (C=O) groups excluding carboxylic acids is 1. The van der Waals surface area contributed by atoms with E-state index >= 15 is 0 Å². The van der Waals surface area contributed by atoms with Crippen LogP contribution in [0.15, 0.2) is 24.4 Å². The van der Waals surface area contributed by atoms with E-state index in [0.29, 0.717) is 17.1 Å². The molecule has 2 aromatic rings. The summed E-state index contributed by atoms with van der Waals surface area (Å²) in [4.78, 5) is 11.8. The normalized spacial score (nSPS) is 10.1. The second-order valence-electron chi connectivity index (χ2n) is 4.55. The Kier molecular flexibility index (Phi) is 7.31. The molecule has 120 valence electrons. The molecule has 0 saturated heterocycles. The van der Waals surface area contributed by atoms with Crippen LogP contribution < -0.4 is 5.32 Å². The van der Waals surface area contributed by atoms with E-state index < -0.39 is 5.97 Å². The van der Waals surface area contributed by atoms with Crippen molar-refractivity contribution in [2.75, 3.05) is 20.7 Å². The Morgan fingerprint density at radius 2 is 2.23 bits per heavy atom. The molecule has 2 rings (SSSR count). The monoisotopic (exact) mass is 344 g/mol. The van der Waals surface area contributed by atoms with E-state index in [-0.39, 0.29) is 12.4 Å². The maximum Gasteiger partial charge on any atom is 0.338 e. The molecule has 1 N–H and O–H groups in total. The number of esters is 1. The van der Waals surface area contributed by atoms with Gasteiger partial charge in [0.15, 0.2) is 0 Å². The van der Waals surface area contributed by atoms with Gasteiger partial charge >= 0.3 is 5.97 Å². The molecule has 0 amide bonds. The average Bonchev–Trinajstić information content (AvgIpc) is 2.93. The third kappa shape index (κ3) is 4.69. The summed E-state index contributed by atoms with van der Waals surface area (Å²) in [6, 6.07) is 5.13. The van der Waals surface area contributed by atoms with Gasteiger partial charge in [-0.2, -0.15) is 0 Å². The molecule has 0 aliphatic carbocycles. The highest BCUT2D eigenvalue weighted by Crippen LogP contribution is 2.18. The van der Waals surface area contributed by atoms with Gasteiger partial charge in [0.25, 0.3) is 0 Å². The largest absolute Gasteiger partial charge is 0.465 e. The molecule has 6 nitrogen and oxygen atoms in total. The molecule has 1 heterocycles. The Balaban J connectivity index is 0.00000242. The van der Waals surface area contributed by atoms with E-state index in [1.165, 1.54) is 7.11 Å². The number of rotatable bonds is 6. The van der Waals surface area contributed by atoms with Gasteiger partial charge in [0.1, 0.15) is 0 Å². The molecular weight excluding hydrogens is 327 g/mol. The quantitative estimate of drug-likeness (QED) is 0.811.